The van der Waals surface area contributed by atoms with Gasteiger partial charge in [-0.15, -0.1) is 0 Å². The van der Waals surface area contributed by atoms with Crippen LogP contribution in [0.2, 0.25) is 0 Å². The minimum Gasteiger partial charge on any atom is -0.353 e. The highest BCUT2D eigenvalue weighted by Crippen LogP contribution is 2.32. The second-order valence-corrected chi connectivity index (χ2v) is 5.83. The van der Waals surface area contributed by atoms with Crippen LogP contribution in [-0.2, 0) is 9.84 Å². The fourth-order valence-corrected chi connectivity index (χ4v) is 3.30. The van der Waals surface area contributed by atoms with E-state index in [1.165, 1.54) is 5.41 Å². The maximum atomic E-state index is 12.1. The zero-order chi connectivity index (χ0) is 12.6. The normalized spacial score (nSPS) is 16.3. The molecule has 0 atom stereocenters. The Morgan fingerprint density at radius 1 is 0.833 bits per heavy atom. The van der Waals surface area contributed by atoms with Crippen LogP contribution < -0.4 is 5.32 Å². The predicted octanol–water partition coefficient (Wildman–Crippen LogP) is 2.88. The van der Waals surface area contributed by atoms with Gasteiger partial charge in [-0.1, -0.05) is 42.5 Å². The summed E-state index contributed by atoms with van der Waals surface area (Å²) in [5.74, 6) is 0. The number of hydrogen-bond donors (Lipinski definition) is 1. The fraction of sp³-hybridized carbons (Fsp3) is 0. The van der Waals surface area contributed by atoms with E-state index in [0.717, 1.165) is 5.56 Å². The first-order chi connectivity index (χ1) is 8.67. The third kappa shape index (κ3) is 1.80. The van der Waals surface area contributed by atoms with E-state index in [-0.39, 0.29) is 0 Å². The van der Waals surface area contributed by atoms with Crippen molar-refractivity contribution in [2.45, 2.75) is 4.90 Å². The predicted molar refractivity (Wildman–Crippen MR) is 71.7 cm³/mol. The molecule has 0 spiro atoms. The van der Waals surface area contributed by atoms with Crippen molar-refractivity contribution in [1.82, 2.24) is 0 Å². The van der Waals surface area contributed by atoms with Gasteiger partial charge in [0.05, 0.1) is 21.7 Å². The molecular weight excluding hydrogens is 246 g/mol. The first kappa shape index (κ1) is 11.0. The van der Waals surface area contributed by atoms with Crippen molar-refractivity contribution in [3.05, 3.63) is 65.6 Å². The summed E-state index contributed by atoms with van der Waals surface area (Å²) in [7, 11) is -3.36. The monoisotopic (exact) mass is 257 g/mol. The molecule has 0 amide bonds. The number of sulfone groups is 1. The lowest BCUT2D eigenvalue weighted by Gasteiger charge is -2.19. The van der Waals surface area contributed by atoms with Gasteiger partial charge < -0.3 is 5.32 Å². The van der Waals surface area contributed by atoms with Crippen molar-refractivity contribution >= 4 is 21.2 Å². The van der Waals surface area contributed by atoms with Gasteiger partial charge in [-0.05, 0) is 17.7 Å². The lowest BCUT2D eigenvalue weighted by Crippen LogP contribution is -2.12. The van der Waals surface area contributed by atoms with Crippen molar-refractivity contribution in [2.75, 3.05) is 5.32 Å². The zero-order valence-electron chi connectivity index (χ0n) is 9.50. The molecule has 18 heavy (non-hydrogen) atoms. The molecule has 0 bridgehead atoms. The Kier molecular flexibility index (Phi) is 2.45. The molecule has 1 aliphatic heterocycles. The first-order valence-electron chi connectivity index (χ1n) is 5.55. The molecule has 0 radical (unpaired) electrons. The van der Waals surface area contributed by atoms with E-state index >= 15 is 0 Å². The minimum atomic E-state index is -3.36. The third-order valence-electron chi connectivity index (χ3n) is 2.82. The summed E-state index contributed by atoms with van der Waals surface area (Å²) >= 11 is 0. The van der Waals surface area contributed by atoms with Crippen LogP contribution in [0.3, 0.4) is 0 Å². The molecule has 0 unspecified atom stereocenters. The molecule has 1 heterocycles. The van der Waals surface area contributed by atoms with Gasteiger partial charge in [0.1, 0.15) is 0 Å². The summed E-state index contributed by atoms with van der Waals surface area (Å²) in [5, 5.41) is 4.43. The maximum Gasteiger partial charge on any atom is 0.203 e. The Bertz CT molecular complexity index is 718. The Hall–Kier alpha value is -2.07. The number of hydrogen-bond acceptors (Lipinski definition) is 3. The second-order valence-electron chi connectivity index (χ2n) is 4.06. The highest BCUT2D eigenvalue weighted by molar-refractivity contribution is 7.94. The number of rotatable bonds is 1. The summed E-state index contributed by atoms with van der Waals surface area (Å²) < 4.78 is 24.3. The zero-order valence-corrected chi connectivity index (χ0v) is 10.3. The Morgan fingerprint density at radius 2 is 1.50 bits per heavy atom. The average molecular weight is 257 g/mol. The van der Waals surface area contributed by atoms with Gasteiger partial charge in [-0.3, -0.25) is 0 Å². The number of para-hydroxylation sites is 1. The fourth-order valence-electron chi connectivity index (χ4n) is 1.97. The smallest absolute Gasteiger partial charge is 0.203 e. The molecule has 3 rings (SSSR count). The topological polar surface area (TPSA) is 46.2 Å². The first-order valence-corrected chi connectivity index (χ1v) is 7.10. The van der Waals surface area contributed by atoms with Crippen molar-refractivity contribution in [3.63, 3.8) is 0 Å². The lowest BCUT2D eigenvalue weighted by atomic mass is 10.1. The summed E-state index contributed by atoms with van der Waals surface area (Å²) in [6, 6.07) is 16.3. The molecule has 0 fully saturated rings. The van der Waals surface area contributed by atoms with Crippen LogP contribution in [0.25, 0.3) is 5.70 Å². The van der Waals surface area contributed by atoms with Gasteiger partial charge in [-0.2, -0.15) is 0 Å². The molecule has 1 aliphatic rings. The quantitative estimate of drug-likeness (QED) is 0.854. The third-order valence-corrected chi connectivity index (χ3v) is 4.34. The van der Waals surface area contributed by atoms with Gasteiger partial charge in [0, 0.05) is 0 Å². The summed E-state index contributed by atoms with van der Waals surface area (Å²) in [4.78, 5) is 0.324. The molecule has 0 saturated heterocycles. The number of fused-ring (bicyclic) bond motifs is 1. The van der Waals surface area contributed by atoms with E-state index < -0.39 is 9.84 Å². The van der Waals surface area contributed by atoms with Crippen LogP contribution >= 0.6 is 0 Å². The van der Waals surface area contributed by atoms with Crippen LogP contribution in [0.15, 0.2) is 64.9 Å². The van der Waals surface area contributed by atoms with Crippen LogP contribution in [-0.4, -0.2) is 8.42 Å². The molecule has 3 nitrogen and oxygen atoms in total. The SMILES string of the molecule is O=S1(=O)C=C(c2ccccc2)Nc2ccccc21. The van der Waals surface area contributed by atoms with Gasteiger partial charge in [-0.25, -0.2) is 8.42 Å². The summed E-state index contributed by atoms with van der Waals surface area (Å²) in [5.41, 5.74) is 2.09. The summed E-state index contributed by atoms with van der Waals surface area (Å²) in [6.07, 6.45) is 0. The molecule has 1 N–H and O–H groups in total. The number of anilines is 1. The van der Waals surface area contributed by atoms with E-state index in [1.54, 1.807) is 18.2 Å². The van der Waals surface area contributed by atoms with Crippen molar-refractivity contribution in [2.24, 2.45) is 0 Å². The van der Waals surface area contributed by atoms with Crippen molar-refractivity contribution in [1.29, 1.82) is 0 Å². The molecule has 0 aromatic heterocycles. The number of benzene rings is 2. The van der Waals surface area contributed by atoms with E-state index in [9.17, 15) is 8.42 Å². The average Bonchev–Trinajstić information content (AvgIpc) is 2.39. The maximum absolute atomic E-state index is 12.1. The lowest BCUT2D eigenvalue weighted by molar-refractivity contribution is 0.604. The van der Waals surface area contributed by atoms with Gasteiger partial charge in [0.25, 0.3) is 0 Å². The largest absolute Gasteiger partial charge is 0.353 e. The Morgan fingerprint density at radius 3 is 2.28 bits per heavy atom. The standard InChI is InChI=1S/C14H11NO2S/c16-18(17)10-13(11-6-2-1-3-7-11)15-12-8-4-5-9-14(12)18/h1-10,15H. The van der Waals surface area contributed by atoms with Crippen LogP contribution in [0.5, 0.6) is 0 Å². The molecule has 90 valence electrons. The highest BCUT2D eigenvalue weighted by atomic mass is 32.2. The van der Waals surface area contributed by atoms with E-state index in [2.05, 4.69) is 5.32 Å². The van der Waals surface area contributed by atoms with E-state index in [1.807, 2.05) is 36.4 Å². The minimum absolute atomic E-state index is 0.324. The molecule has 0 saturated carbocycles. The summed E-state index contributed by atoms with van der Waals surface area (Å²) in [6.45, 7) is 0. The van der Waals surface area contributed by atoms with Gasteiger partial charge in [0.15, 0.2) is 0 Å². The highest BCUT2D eigenvalue weighted by Gasteiger charge is 2.22. The Labute approximate surface area is 106 Å². The van der Waals surface area contributed by atoms with Gasteiger partial charge >= 0.3 is 0 Å². The second kappa shape index (κ2) is 3.99. The van der Waals surface area contributed by atoms with Crippen molar-refractivity contribution < 1.29 is 8.42 Å². The molecular formula is C14H11NO2S. The number of nitrogens with one attached hydrogen (secondary N) is 1. The molecule has 2 aromatic carbocycles. The van der Waals surface area contributed by atoms with E-state index in [0.29, 0.717) is 16.3 Å². The van der Waals surface area contributed by atoms with Crippen LogP contribution in [0, 0.1) is 0 Å². The molecule has 4 heteroatoms. The van der Waals surface area contributed by atoms with E-state index in [4.69, 9.17) is 0 Å². The Balaban J connectivity index is 2.16. The molecule has 2 aromatic rings. The van der Waals surface area contributed by atoms with Crippen molar-refractivity contribution in [3.8, 4) is 0 Å². The van der Waals surface area contributed by atoms with Crippen LogP contribution in [0.4, 0.5) is 5.69 Å². The molecule has 0 aliphatic carbocycles. The van der Waals surface area contributed by atoms with Crippen LogP contribution in [0.1, 0.15) is 5.56 Å². The van der Waals surface area contributed by atoms with Gasteiger partial charge in [0.2, 0.25) is 9.84 Å².